The first-order chi connectivity index (χ1) is 46.3. The van der Waals surface area contributed by atoms with Crippen molar-refractivity contribution < 1.29 is 154 Å². The highest BCUT2D eigenvalue weighted by Crippen LogP contribution is 2.46. The van der Waals surface area contributed by atoms with Gasteiger partial charge in [0.2, 0.25) is 35.4 Å². The molecule has 0 aromatic heterocycles. The van der Waals surface area contributed by atoms with Crippen molar-refractivity contribution in [2.24, 2.45) is 5.92 Å². The number of carbonyl (C=O) groups excluding carboxylic acids is 6. The number of unbranched alkanes of at least 4 members (excludes halogenated alkanes) is 9. The molecule has 3 rings (SSSR count). The minimum atomic E-state index is -5.07. The average Bonchev–Trinajstić information content (AvgIpc) is 0.824. The third-order valence-corrected chi connectivity index (χ3v) is 18.9. The number of ether oxygens (including phenoxy) is 6. The molecule has 0 aromatic rings. The number of hydrogen-bond acceptors (Lipinski definition) is 31. The van der Waals surface area contributed by atoms with E-state index in [2.05, 4.69) is 36.6 Å². The molecule has 3 fully saturated rings. The van der Waals surface area contributed by atoms with E-state index in [1.165, 1.54) is 20.8 Å². The highest BCUT2D eigenvalue weighted by Gasteiger charge is 2.47. The highest BCUT2D eigenvalue weighted by molar-refractivity contribution is 7.53. The number of nitrogens with one attached hydrogen (secondary N) is 6. The van der Waals surface area contributed by atoms with Crippen LogP contribution in [0.15, 0.2) is 0 Å². The van der Waals surface area contributed by atoms with Crippen LogP contribution in [0.5, 0.6) is 0 Å². The molecule has 6 amide bonds. The maximum Gasteiger partial charge on any atom is 0.472 e. The second-order valence-corrected chi connectivity index (χ2v) is 29.8. The minimum absolute atomic E-state index is 0.000617. The van der Waals surface area contributed by atoms with E-state index in [1.54, 1.807) is 6.92 Å². The fourth-order valence-corrected chi connectivity index (χ4v) is 12.6. The zero-order chi connectivity index (χ0) is 73.2. The van der Waals surface area contributed by atoms with Crippen molar-refractivity contribution in [3.8, 4) is 0 Å². The maximum atomic E-state index is 13.8. The van der Waals surface area contributed by atoms with E-state index in [-0.39, 0.29) is 51.4 Å². The summed E-state index contributed by atoms with van der Waals surface area (Å²) in [5.41, 5.74) is 0. The number of aliphatic hydroxyl groups is 9. The van der Waals surface area contributed by atoms with Crippen molar-refractivity contribution in [2.45, 2.75) is 228 Å². The Labute approximate surface area is 569 Å². The first kappa shape index (κ1) is 88.8. The van der Waals surface area contributed by atoms with Gasteiger partial charge in [-0.15, -0.1) is 0 Å². The van der Waals surface area contributed by atoms with E-state index in [4.69, 9.17) is 56.3 Å². The minimum Gasteiger partial charge on any atom is -0.394 e. The average molecular weight is 1480 g/mol. The Bertz CT molecular complexity index is 2520. The number of phosphoric acid groups is 1. The summed E-state index contributed by atoms with van der Waals surface area (Å²) in [5.74, 6) is -3.59. The first-order valence-electron chi connectivity index (χ1n) is 32.7. The van der Waals surface area contributed by atoms with Crippen molar-refractivity contribution in [1.29, 1.82) is 0 Å². The molecule has 3 saturated heterocycles. The van der Waals surface area contributed by atoms with Crippen molar-refractivity contribution in [1.82, 2.24) is 31.9 Å². The molecule has 0 radical (unpaired) electrons. The van der Waals surface area contributed by atoms with Gasteiger partial charge < -0.3 is 125 Å². The van der Waals surface area contributed by atoms with E-state index in [1.807, 2.05) is 0 Å². The Hall–Kier alpha value is -3.41. The van der Waals surface area contributed by atoms with Crippen molar-refractivity contribution >= 4 is 58.5 Å². The summed E-state index contributed by atoms with van der Waals surface area (Å²) in [6.45, 7) is 1.80. The van der Waals surface area contributed by atoms with Gasteiger partial charge in [0.25, 0.3) is 0 Å². The summed E-state index contributed by atoms with van der Waals surface area (Å²) in [5, 5.41) is 115. The molecule has 3 aliphatic rings. The van der Waals surface area contributed by atoms with Gasteiger partial charge in [-0.2, -0.15) is 4.67 Å². The molecule has 41 heteroatoms. The Morgan fingerprint density at radius 2 is 0.735 bits per heavy atom. The topological polar surface area (TPSA) is 559 Å². The zero-order valence-corrected chi connectivity index (χ0v) is 59.0. The second-order valence-electron chi connectivity index (χ2n) is 24.3. The van der Waals surface area contributed by atoms with Crippen LogP contribution in [0.4, 0.5) is 0 Å². The number of hydrogen-bond donors (Lipinski definition) is 17. The van der Waals surface area contributed by atoms with Crippen LogP contribution in [-0.4, -0.2) is 288 Å². The molecular formula is C57H107N6O32P3. The Balaban J connectivity index is 1.58. The Morgan fingerprint density at radius 3 is 1.08 bits per heavy atom. The SMILES string of the molecule is CC(=O)NC1C(OCCCCCCC(=O)NC(CO)COP(=O)(O)OCC(COP(C)(=O)OCC(COP(C)(=O)OO)NC(=O)CCCCCCOC2OC(CO)C(O)C(O)C2NC(C)=O)NC(=O)CCCCCCOC2OC(CO)C(O)C(O)C2NC(C)=O)OC(CO)C(O)C1C. The van der Waals surface area contributed by atoms with Gasteiger partial charge in [0, 0.05) is 79.1 Å². The van der Waals surface area contributed by atoms with Gasteiger partial charge in [0.05, 0.1) is 89.7 Å². The van der Waals surface area contributed by atoms with Crippen LogP contribution in [0.1, 0.15) is 124 Å². The zero-order valence-electron chi connectivity index (χ0n) is 56.3. The molecule has 21 unspecified atom stereocenters. The molecule has 0 aromatic carbocycles. The predicted molar refractivity (Wildman–Crippen MR) is 340 cm³/mol. The molecule has 38 nitrogen and oxygen atoms in total. The van der Waals surface area contributed by atoms with Crippen LogP contribution < -0.4 is 31.9 Å². The van der Waals surface area contributed by atoms with Crippen LogP contribution in [-0.2, 0) is 98.2 Å². The summed E-state index contributed by atoms with van der Waals surface area (Å²) < 4.78 is 104. The molecule has 21 atom stereocenters. The fraction of sp³-hybridized carbons (Fsp3) is 0.895. The van der Waals surface area contributed by atoms with Crippen molar-refractivity contribution in [3.05, 3.63) is 0 Å². The monoisotopic (exact) mass is 1480 g/mol. The molecule has 3 aliphatic heterocycles. The summed E-state index contributed by atoms with van der Waals surface area (Å²) >= 11 is 0. The number of rotatable bonds is 50. The Morgan fingerprint density at radius 1 is 0.429 bits per heavy atom. The quantitative estimate of drug-likeness (QED) is 0.0133. The van der Waals surface area contributed by atoms with Gasteiger partial charge in [-0.05, 0) is 38.5 Å². The number of amides is 6. The smallest absolute Gasteiger partial charge is 0.394 e. The standard InChI is InChI=1S/C57H107N6O32P3/c1-34-47(58-35(2)68)55(92-41(26-65)50(34)74)84-22-16-10-7-13-19-44(71)61-38(25-64)29-90-98(82,83)91-33-40(63-46(73)21-15-9-12-18-24-86-57-49(60-37(4)70)54(78)52(76)43(28-67)94-57)31-88-96(5,80)87-30-39(32-89-97(6,81)95-79)62-45(72)20-14-8-11-17-23-85-56-48(59-36(3)69)53(77)51(75)42(27-66)93-56/h34,38-43,47-57,64-67,74-79H,7-33H2,1-6H3,(H,58,68)(H,59,69)(H,60,70)(H,61,71)(H,62,72)(H,63,73)(H,82,83). The lowest BCUT2D eigenvalue weighted by Gasteiger charge is -2.43. The van der Waals surface area contributed by atoms with Gasteiger partial charge >= 0.3 is 23.0 Å². The molecule has 0 saturated carbocycles. The van der Waals surface area contributed by atoms with Crippen LogP contribution in [0.2, 0.25) is 0 Å². The maximum absolute atomic E-state index is 13.8. The highest BCUT2D eigenvalue weighted by atomic mass is 31.2. The van der Waals surface area contributed by atoms with Crippen LogP contribution in [0.25, 0.3) is 0 Å². The molecule has 572 valence electrons. The number of carbonyl (C=O) groups is 6. The molecule has 98 heavy (non-hydrogen) atoms. The van der Waals surface area contributed by atoms with E-state index in [0.717, 1.165) is 13.3 Å². The predicted octanol–water partition coefficient (Wildman–Crippen LogP) is -2.24. The Kier molecular flexibility index (Phi) is 42.0. The first-order valence-corrected chi connectivity index (χ1v) is 38.2. The van der Waals surface area contributed by atoms with E-state index < -0.39 is 222 Å². The van der Waals surface area contributed by atoms with E-state index in [9.17, 15) is 93.3 Å². The lowest BCUT2D eigenvalue weighted by Crippen LogP contribution is -2.64. The molecule has 0 spiro atoms. The van der Waals surface area contributed by atoms with Gasteiger partial charge in [-0.1, -0.05) is 45.4 Å². The van der Waals surface area contributed by atoms with E-state index in [0.29, 0.717) is 70.6 Å². The second kappa shape index (κ2) is 46.3. The largest absolute Gasteiger partial charge is 0.472 e. The molecule has 3 heterocycles. The molecule has 0 aliphatic carbocycles. The van der Waals surface area contributed by atoms with Gasteiger partial charge in [-0.3, -0.25) is 46.9 Å². The summed E-state index contributed by atoms with van der Waals surface area (Å²) in [6, 6.07) is -6.67. The van der Waals surface area contributed by atoms with Crippen molar-refractivity contribution in [3.63, 3.8) is 0 Å². The number of phosphoric ester groups is 1. The molecular weight excluding hydrogens is 1370 g/mol. The van der Waals surface area contributed by atoms with Gasteiger partial charge in [-0.25, -0.2) is 9.82 Å². The lowest BCUT2D eigenvalue weighted by atomic mass is 9.89. The fourth-order valence-electron chi connectivity index (χ4n) is 10.4. The van der Waals surface area contributed by atoms with Crippen LogP contribution >= 0.6 is 23.0 Å². The summed E-state index contributed by atoms with van der Waals surface area (Å²) in [4.78, 5) is 85.4. The summed E-state index contributed by atoms with van der Waals surface area (Å²) in [7, 11) is -13.4. The van der Waals surface area contributed by atoms with Gasteiger partial charge in [0.15, 0.2) is 18.9 Å². The third-order valence-electron chi connectivity index (χ3n) is 15.8. The number of aliphatic hydroxyl groups excluding tert-OH is 9. The normalized spacial score (nSPS) is 28.6. The van der Waals surface area contributed by atoms with Crippen molar-refractivity contribution in [2.75, 3.05) is 92.6 Å². The lowest BCUT2D eigenvalue weighted by molar-refractivity contribution is -0.270. The van der Waals surface area contributed by atoms with Crippen LogP contribution in [0.3, 0.4) is 0 Å². The summed E-state index contributed by atoms with van der Waals surface area (Å²) in [6.07, 6.45) is -8.26. The third kappa shape index (κ3) is 33.8. The molecule has 17 N–H and O–H groups in total. The van der Waals surface area contributed by atoms with E-state index >= 15 is 0 Å². The molecule has 0 bridgehead atoms. The van der Waals surface area contributed by atoms with Gasteiger partial charge in [0.1, 0.15) is 54.8 Å². The van der Waals surface area contributed by atoms with Crippen LogP contribution in [0, 0.1) is 5.92 Å².